The normalized spacial score (nSPS) is 11.3. The minimum absolute atomic E-state index is 0.266. The zero-order chi connectivity index (χ0) is 23.4. The minimum Gasteiger partial charge on any atom is -0.507 e. The van der Waals surface area contributed by atoms with Gasteiger partial charge in [-0.2, -0.15) is 0 Å². The van der Waals surface area contributed by atoms with E-state index in [1.807, 2.05) is 52.5 Å². The molecule has 0 amide bonds. The molecule has 0 spiro atoms. The van der Waals surface area contributed by atoms with Crippen molar-refractivity contribution in [1.82, 2.24) is 0 Å². The quantitative estimate of drug-likeness (QED) is 0.339. The van der Waals surface area contributed by atoms with Crippen LogP contribution in [0.3, 0.4) is 0 Å². The molecule has 0 bridgehead atoms. The predicted octanol–water partition coefficient (Wildman–Crippen LogP) is 6.78. The van der Waals surface area contributed by atoms with Crippen molar-refractivity contribution in [2.75, 3.05) is 38.0 Å². The van der Waals surface area contributed by atoms with Crippen LogP contribution in [0, 0.1) is 0 Å². The maximum absolute atomic E-state index is 10.9. The van der Waals surface area contributed by atoms with Gasteiger partial charge < -0.3 is 14.9 Å². The van der Waals surface area contributed by atoms with E-state index in [0.29, 0.717) is 0 Å². The summed E-state index contributed by atoms with van der Waals surface area (Å²) >= 11 is 0. The Balaban J connectivity index is 1.83. The Morgan fingerprint density at radius 3 is 1.76 bits per heavy atom. The van der Waals surface area contributed by atoms with Crippen molar-refractivity contribution in [3.8, 4) is 16.9 Å². The van der Waals surface area contributed by atoms with E-state index in [1.54, 1.807) is 6.07 Å². The zero-order valence-electron chi connectivity index (χ0n) is 19.7. The number of phenols is 1. The van der Waals surface area contributed by atoms with Gasteiger partial charge in [-0.3, -0.25) is 0 Å². The second-order valence-corrected chi connectivity index (χ2v) is 8.58. The average molecular weight is 435 g/mol. The molecular weight excluding hydrogens is 404 g/mol. The van der Waals surface area contributed by atoms with Gasteiger partial charge in [0.15, 0.2) is 0 Å². The van der Waals surface area contributed by atoms with Crippen molar-refractivity contribution >= 4 is 23.0 Å². The summed E-state index contributed by atoms with van der Waals surface area (Å²) in [5, 5.41) is 10.9. The first-order valence-corrected chi connectivity index (χ1v) is 11.1. The summed E-state index contributed by atoms with van der Waals surface area (Å²) in [4.78, 5) is 4.17. The van der Waals surface area contributed by atoms with E-state index < -0.39 is 0 Å². The highest BCUT2D eigenvalue weighted by atomic mass is 16.3. The molecule has 4 aromatic carbocycles. The third kappa shape index (κ3) is 5.09. The molecule has 3 nitrogen and oxygen atoms in total. The third-order valence-electron chi connectivity index (χ3n) is 5.81. The second kappa shape index (κ2) is 9.66. The Kier molecular flexibility index (Phi) is 6.50. The predicted molar refractivity (Wildman–Crippen MR) is 142 cm³/mol. The van der Waals surface area contributed by atoms with Gasteiger partial charge in [-0.25, -0.2) is 0 Å². The van der Waals surface area contributed by atoms with Crippen LogP contribution in [0.25, 0.3) is 22.8 Å². The van der Waals surface area contributed by atoms with Crippen LogP contribution in [0.5, 0.6) is 5.75 Å². The first-order chi connectivity index (χ1) is 15.9. The second-order valence-electron chi connectivity index (χ2n) is 8.58. The molecule has 4 aromatic rings. The maximum Gasteiger partial charge on any atom is 0.123 e. The molecule has 0 fully saturated rings. The number of nitrogens with zero attached hydrogens (tertiary/aromatic N) is 2. The lowest BCUT2D eigenvalue weighted by Gasteiger charge is -2.16. The first kappa shape index (κ1) is 22.2. The number of phenolic OH excluding ortho intramolecular Hbond substituents is 1. The van der Waals surface area contributed by atoms with Crippen molar-refractivity contribution in [2.45, 2.75) is 0 Å². The van der Waals surface area contributed by atoms with Crippen LogP contribution in [0.2, 0.25) is 0 Å². The van der Waals surface area contributed by atoms with Crippen LogP contribution in [0.15, 0.2) is 97.1 Å². The Bertz CT molecular complexity index is 1240. The van der Waals surface area contributed by atoms with Crippen molar-refractivity contribution in [3.63, 3.8) is 0 Å². The van der Waals surface area contributed by atoms with Crippen LogP contribution < -0.4 is 9.80 Å². The Morgan fingerprint density at radius 2 is 1.18 bits per heavy atom. The summed E-state index contributed by atoms with van der Waals surface area (Å²) < 4.78 is 0. The summed E-state index contributed by atoms with van der Waals surface area (Å²) in [5.74, 6) is 0.266. The van der Waals surface area contributed by atoms with E-state index in [0.717, 1.165) is 44.8 Å². The van der Waals surface area contributed by atoms with Crippen LogP contribution in [0.1, 0.15) is 16.7 Å². The molecule has 0 aliphatic heterocycles. The molecule has 0 aliphatic carbocycles. The van der Waals surface area contributed by atoms with E-state index in [9.17, 15) is 5.11 Å². The molecule has 0 radical (unpaired) electrons. The van der Waals surface area contributed by atoms with Crippen molar-refractivity contribution in [3.05, 3.63) is 114 Å². The fraction of sp³-hybridized carbons (Fsp3) is 0.133. The fourth-order valence-electron chi connectivity index (χ4n) is 3.86. The average Bonchev–Trinajstić information content (AvgIpc) is 2.84. The fourth-order valence-corrected chi connectivity index (χ4v) is 3.86. The summed E-state index contributed by atoms with van der Waals surface area (Å²) in [7, 11) is 8.14. The topological polar surface area (TPSA) is 26.7 Å². The van der Waals surface area contributed by atoms with Gasteiger partial charge in [0, 0.05) is 45.1 Å². The molecule has 4 rings (SSSR count). The van der Waals surface area contributed by atoms with Crippen molar-refractivity contribution in [2.24, 2.45) is 0 Å². The summed E-state index contributed by atoms with van der Waals surface area (Å²) in [5.41, 5.74) is 8.41. The Morgan fingerprint density at radius 1 is 0.636 bits per heavy atom. The van der Waals surface area contributed by atoms with Gasteiger partial charge in [0.25, 0.3) is 0 Å². The molecule has 0 unspecified atom stereocenters. The molecule has 0 aromatic heterocycles. The molecule has 0 aliphatic rings. The number of anilines is 2. The lowest BCUT2D eigenvalue weighted by molar-refractivity contribution is 0.474. The highest BCUT2D eigenvalue weighted by Gasteiger charge is 2.13. The molecule has 0 saturated heterocycles. The largest absolute Gasteiger partial charge is 0.507 e. The van der Waals surface area contributed by atoms with Crippen LogP contribution in [-0.4, -0.2) is 33.3 Å². The molecule has 3 heteroatoms. The Hall–Kier alpha value is -3.98. The van der Waals surface area contributed by atoms with E-state index in [4.69, 9.17) is 0 Å². The van der Waals surface area contributed by atoms with Gasteiger partial charge in [-0.1, -0.05) is 60.7 Å². The number of rotatable bonds is 6. The minimum atomic E-state index is 0.266. The van der Waals surface area contributed by atoms with Crippen molar-refractivity contribution in [1.29, 1.82) is 0 Å². The van der Waals surface area contributed by atoms with Gasteiger partial charge in [0.1, 0.15) is 5.75 Å². The van der Waals surface area contributed by atoms with E-state index in [1.165, 1.54) is 0 Å². The zero-order valence-corrected chi connectivity index (χ0v) is 19.7. The van der Waals surface area contributed by atoms with Crippen LogP contribution in [0.4, 0.5) is 11.4 Å². The highest BCUT2D eigenvalue weighted by Crippen LogP contribution is 2.36. The standard InChI is InChI=1S/C30H30N2O/c1-31(2)26-15-10-23(11-16-26)25-14-19-30(33)29(21-25)28(20-22-8-6-5-7-9-22)24-12-17-27(18-13-24)32(3)4/h5-21,33H,1-4H3/b28-20+. The Labute approximate surface area is 196 Å². The number of benzene rings is 4. The smallest absolute Gasteiger partial charge is 0.123 e. The molecule has 0 atom stereocenters. The van der Waals surface area contributed by atoms with Gasteiger partial charge in [0.2, 0.25) is 0 Å². The first-order valence-electron chi connectivity index (χ1n) is 11.1. The molecule has 0 heterocycles. The van der Waals surface area contributed by atoms with Crippen LogP contribution >= 0.6 is 0 Å². The van der Waals surface area contributed by atoms with E-state index in [2.05, 4.69) is 82.6 Å². The van der Waals surface area contributed by atoms with Gasteiger partial charge >= 0.3 is 0 Å². The van der Waals surface area contributed by atoms with E-state index in [-0.39, 0.29) is 5.75 Å². The number of hydrogen-bond acceptors (Lipinski definition) is 3. The SMILES string of the molecule is CN(C)c1ccc(/C(=C\c2ccccc2)c2cc(-c3ccc(N(C)C)cc3)ccc2O)cc1. The summed E-state index contributed by atoms with van der Waals surface area (Å²) in [6, 6.07) is 33.0. The van der Waals surface area contributed by atoms with Gasteiger partial charge in [-0.05, 0) is 70.3 Å². The molecular formula is C30H30N2O. The number of hydrogen-bond donors (Lipinski definition) is 1. The molecule has 33 heavy (non-hydrogen) atoms. The third-order valence-corrected chi connectivity index (χ3v) is 5.81. The van der Waals surface area contributed by atoms with E-state index >= 15 is 0 Å². The lowest BCUT2D eigenvalue weighted by atomic mass is 9.92. The molecule has 166 valence electrons. The molecule has 1 N–H and O–H groups in total. The van der Waals surface area contributed by atoms with Crippen molar-refractivity contribution < 1.29 is 5.11 Å². The van der Waals surface area contributed by atoms with Gasteiger partial charge in [-0.15, -0.1) is 0 Å². The molecule has 0 saturated carbocycles. The monoisotopic (exact) mass is 434 g/mol. The van der Waals surface area contributed by atoms with Gasteiger partial charge in [0.05, 0.1) is 0 Å². The number of aromatic hydroxyl groups is 1. The lowest BCUT2D eigenvalue weighted by Crippen LogP contribution is -2.08. The van der Waals surface area contributed by atoms with Crippen LogP contribution in [-0.2, 0) is 0 Å². The maximum atomic E-state index is 10.9. The highest BCUT2D eigenvalue weighted by molar-refractivity contribution is 5.94. The summed E-state index contributed by atoms with van der Waals surface area (Å²) in [6.45, 7) is 0. The summed E-state index contributed by atoms with van der Waals surface area (Å²) in [6.07, 6.45) is 2.14.